The van der Waals surface area contributed by atoms with Gasteiger partial charge in [0.1, 0.15) is 0 Å². The van der Waals surface area contributed by atoms with Gasteiger partial charge in [0.2, 0.25) is 0 Å². The Bertz CT molecular complexity index is 234. The van der Waals surface area contributed by atoms with Gasteiger partial charge < -0.3 is 0 Å². The molecule has 0 fully saturated rings. The summed E-state index contributed by atoms with van der Waals surface area (Å²) < 4.78 is 1.88. The number of nitrogens with zero attached hydrogens (tertiary/aromatic N) is 2. The summed E-state index contributed by atoms with van der Waals surface area (Å²) in [4.78, 5) is 0. The molecule has 62 valence electrons. The van der Waals surface area contributed by atoms with Gasteiger partial charge in [-0.15, -0.1) is 0 Å². The number of aromatic nitrogens is 2. The van der Waals surface area contributed by atoms with Gasteiger partial charge in [0.25, 0.3) is 0 Å². The fourth-order valence-electron chi connectivity index (χ4n) is 0.792. The van der Waals surface area contributed by atoms with Crippen molar-refractivity contribution in [2.45, 2.75) is 26.2 Å². The lowest BCUT2D eigenvalue weighted by Gasteiger charge is -2.14. The molecule has 0 bridgehead atoms. The lowest BCUT2D eigenvalue weighted by Crippen LogP contribution is -2.09. The van der Waals surface area contributed by atoms with Crippen LogP contribution in [0.5, 0.6) is 0 Å². The van der Waals surface area contributed by atoms with Crippen LogP contribution in [0.4, 0.5) is 0 Å². The van der Waals surface area contributed by atoms with Gasteiger partial charge in [-0.25, -0.2) is 4.09 Å². The topological polar surface area (TPSA) is 17.8 Å². The minimum Gasteiger partial charge on any atom is -0.214 e. The van der Waals surface area contributed by atoms with E-state index in [0.717, 1.165) is 0 Å². The van der Waals surface area contributed by atoms with Crippen LogP contribution in [0.2, 0.25) is 0 Å². The van der Waals surface area contributed by atoms with E-state index >= 15 is 0 Å². The first-order valence-corrected chi connectivity index (χ1v) is 4.82. The zero-order valence-corrected chi connectivity index (χ0v) is 8.27. The molecule has 3 heteroatoms. The molecule has 0 saturated heterocycles. The monoisotopic (exact) mass is 170 g/mol. The average Bonchev–Trinajstić information content (AvgIpc) is 2.32. The molecule has 0 saturated carbocycles. The molecule has 0 amide bonds. The molecule has 1 rings (SSSR count). The maximum absolute atomic E-state index is 4.18. The highest BCUT2D eigenvalue weighted by molar-refractivity contribution is 7.97. The summed E-state index contributed by atoms with van der Waals surface area (Å²) in [5.41, 5.74) is 1.50. The van der Waals surface area contributed by atoms with E-state index in [1.165, 1.54) is 5.56 Å². The lowest BCUT2D eigenvalue weighted by atomic mass is 9.90. The van der Waals surface area contributed by atoms with Crippen molar-refractivity contribution in [3.05, 3.63) is 18.0 Å². The van der Waals surface area contributed by atoms with Crippen molar-refractivity contribution in [1.29, 1.82) is 0 Å². The molecule has 0 aromatic carbocycles. The highest BCUT2D eigenvalue weighted by atomic mass is 32.2. The molecular formula is C8H14N2S. The van der Waals surface area contributed by atoms with Crippen molar-refractivity contribution in [3.63, 3.8) is 0 Å². The third kappa shape index (κ3) is 1.99. The summed E-state index contributed by atoms with van der Waals surface area (Å²) in [5, 5.41) is 4.18. The van der Waals surface area contributed by atoms with Gasteiger partial charge in [0.15, 0.2) is 0 Å². The molecule has 0 spiro atoms. The Balaban J connectivity index is 2.89. The molecule has 0 aliphatic rings. The fourth-order valence-corrected chi connectivity index (χ4v) is 1.15. The molecule has 1 aromatic heterocycles. The lowest BCUT2D eigenvalue weighted by molar-refractivity contribution is 0.590. The van der Waals surface area contributed by atoms with E-state index in [1.54, 1.807) is 11.9 Å². The summed E-state index contributed by atoms with van der Waals surface area (Å²) in [6.07, 6.45) is 6.01. The van der Waals surface area contributed by atoms with Crippen LogP contribution >= 0.6 is 11.9 Å². The Morgan fingerprint density at radius 1 is 1.45 bits per heavy atom. The number of hydrogen-bond donors (Lipinski definition) is 0. The van der Waals surface area contributed by atoms with Crippen LogP contribution in [0, 0.1) is 0 Å². The average molecular weight is 170 g/mol. The van der Waals surface area contributed by atoms with E-state index in [-0.39, 0.29) is 5.41 Å². The number of rotatable bonds is 1. The SMILES string of the molecule is CSn1cc(C(C)(C)C)cn1. The van der Waals surface area contributed by atoms with Crippen molar-refractivity contribution >= 4 is 11.9 Å². The number of hydrogen-bond acceptors (Lipinski definition) is 2. The van der Waals surface area contributed by atoms with Crippen molar-refractivity contribution in [1.82, 2.24) is 9.19 Å². The van der Waals surface area contributed by atoms with Gasteiger partial charge in [-0.1, -0.05) is 20.8 Å². The highest BCUT2D eigenvalue weighted by Gasteiger charge is 2.15. The largest absolute Gasteiger partial charge is 0.214 e. The van der Waals surface area contributed by atoms with E-state index in [0.29, 0.717) is 0 Å². The van der Waals surface area contributed by atoms with E-state index in [2.05, 4.69) is 32.1 Å². The zero-order chi connectivity index (χ0) is 8.48. The standard InChI is InChI=1S/C8H14N2S/c1-8(2,3)7-5-9-10(6-7)11-4/h5-6H,1-4H3. The van der Waals surface area contributed by atoms with Crippen molar-refractivity contribution < 1.29 is 0 Å². The van der Waals surface area contributed by atoms with Gasteiger partial charge in [-0.3, -0.25) is 0 Å². The zero-order valence-electron chi connectivity index (χ0n) is 7.46. The molecule has 0 unspecified atom stereocenters. The molecule has 1 heterocycles. The van der Waals surface area contributed by atoms with Crippen LogP contribution in [0.25, 0.3) is 0 Å². The normalized spacial score (nSPS) is 12.0. The van der Waals surface area contributed by atoms with Gasteiger partial charge in [-0.2, -0.15) is 5.10 Å². The summed E-state index contributed by atoms with van der Waals surface area (Å²) >= 11 is 1.61. The fraction of sp³-hybridized carbons (Fsp3) is 0.625. The van der Waals surface area contributed by atoms with E-state index in [1.807, 2.05) is 16.5 Å². The minimum absolute atomic E-state index is 0.216. The molecule has 1 aromatic rings. The van der Waals surface area contributed by atoms with Crippen LogP contribution in [0.15, 0.2) is 12.4 Å². The molecule has 0 radical (unpaired) electrons. The predicted octanol–water partition coefficient (Wildman–Crippen LogP) is 2.31. The van der Waals surface area contributed by atoms with E-state index in [4.69, 9.17) is 0 Å². The Morgan fingerprint density at radius 2 is 2.09 bits per heavy atom. The van der Waals surface area contributed by atoms with Crippen LogP contribution < -0.4 is 0 Å². The van der Waals surface area contributed by atoms with E-state index < -0.39 is 0 Å². The van der Waals surface area contributed by atoms with Gasteiger partial charge in [0.05, 0.1) is 6.20 Å². The maximum Gasteiger partial charge on any atom is 0.0537 e. The van der Waals surface area contributed by atoms with Crippen molar-refractivity contribution in [2.24, 2.45) is 0 Å². The minimum atomic E-state index is 0.216. The Morgan fingerprint density at radius 3 is 2.36 bits per heavy atom. The first-order valence-electron chi connectivity index (χ1n) is 3.63. The predicted molar refractivity (Wildman–Crippen MR) is 49.8 cm³/mol. The molecule has 0 N–H and O–H groups in total. The molecule has 0 atom stereocenters. The Hall–Kier alpha value is -0.440. The van der Waals surface area contributed by atoms with Crippen molar-refractivity contribution in [3.8, 4) is 0 Å². The second kappa shape index (κ2) is 2.89. The first kappa shape index (κ1) is 8.65. The second-order valence-electron chi connectivity index (χ2n) is 3.56. The van der Waals surface area contributed by atoms with Gasteiger partial charge in [-0.05, 0) is 22.9 Å². The quantitative estimate of drug-likeness (QED) is 0.643. The van der Waals surface area contributed by atoms with Crippen LogP contribution in [-0.4, -0.2) is 15.4 Å². The van der Waals surface area contributed by atoms with Crippen LogP contribution in [0.3, 0.4) is 0 Å². The van der Waals surface area contributed by atoms with Crippen LogP contribution in [0.1, 0.15) is 26.3 Å². The highest BCUT2D eigenvalue weighted by Crippen LogP contribution is 2.21. The molecule has 0 aliphatic heterocycles. The Kier molecular flexibility index (Phi) is 2.28. The first-order chi connectivity index (χ1) is 5.04. The summed E-state index contributed by atoms with van der Waals surface area (Å²) in [7, 11) is 0. The van der Waals surface area contributed by atoms with Crippen LogP contribution in [-0.2, 0) is 5.41 Å². The second-order valence-corrected chi connectivity index (χ2v) is 4.30. The van der Waals surface area contributed by atoms with E-state index in [9.17, 15) is 0 Å². The molecule has 0 aliphatic carbocycles. The third-order valence-corrected chi connectivity index (χ3v) is 2.19. The maximum atomic E-state index is 4.18. The van der Waals surface area contributed by atoms with Crippen molar-refractivity contribution in [2.75, 3.05) is 6.26 Å². The van der Waals surface area contributed by atoms with Gasteiger partial charge >= 0.3 is 0 Å². The molecule has 2 nitrogen and oxygen atoms in total. The smallest absolute Gasteiger partial charge is 0.0537 e. The molecule has 11 heavy (non-hydrogen) atoms. The summed E-state index contributed by atoms with van der Waals surface area (Å²) in [6, 6.07) is 0. The third-order valence-electron chi connectivity index (χ3n) is 1.61. The molecular weight excluding hydrogens is 156 g/mol. The summed E-state index contributed by atoms with van der Waals surface area (Å²) in [6.45, 7) is 6.57. The Labute approximate surface area is 72.1 Å². The summed E-state index contributed by atoms with van der Waals surface area (Å²) in [5.74, 6) is 0. The van der Waals surface area contributed by atoms with Gasteiger partial charge in [0, 0.05) is 12.5 Å².